The highest BCUT2D eigenvalue weighted by molar-refractivity contribution is 5.82. The predicted molar refractivity (Wildman–Crippen MR) is 136 cm³/mol. The lowest BCUT2D eigenvalue weighted by Crippen LogP contribution is -2.47. The number of benzene rings is 2. The number of aliphatic carboxylic acids is 1. The molecule has 0 bridgehead atoms. The van der Waals surface area contributed by atoms with Gasteiger partial charge in [-0.2, -0.15) is 13.2 Å². The van der Waals surface area contributed by atoms with E-state index < -0.39 is 12.1 Å². The number of nitrogens with one attached hydrogen (secondary N) is 1. The Kier molecular flexibility index (Phi) is 8.49. The van der Waals surface area contributed by atoms with Gasteiger partial charge in [0, 0.05) is 30.5 Å². The quantitative estimate of drug-likeness (QED) is 0.372. The number of aromatic nitrogens is 1. The molecule has 1 aliphatic carbocycles. The summed E-state index contributed by atoms with van der Waals surface area (Å²) in [5, 5.41) is 13.5. The molecule has 37 heavy (non-hydrogen) atoms. The Hall–Kier alpha value is -2.97. The molecule has 2 aliphatic rings. The summed E-state index contributed by atoms with van der Waals surface area (Å²) >= 11 is 0. The average molecular weight is 515 g/mol. The molecule has 1 saturated heterocycles. The van der Waals surface area contributed by atoms with Crippen molar-refractivity contribution in [2.75, 3.05) is 13.2 Å². The fraction of sp³-hybridized carbons (Fsp3) is 0.448. The van der Waals surface area contributed by atoms with Crippen LogP contribution < -0.4 is 5.32 Å². The van der Waals surface area contributed by atoms with Gasteiger partial charge in [-0.15, -0.1) is 0 Å². The van der Waals surface area contributed by atoms with Crippen molar-refractivity contribution in [1.82, 2.24) is 10.3 Å². The molecule has 1 saturated carbocycles. The number of hydrogen-bond donors (Lipinski definition) is 2. The van der Waals surface area contributed by atoms with Crippen molar-refractivity contribution in [3.63, 3.8) is 0 Å². The molecule has 0 radical (unpaired) electrons. The van der Waals surface area contributed by atoms with Gasteiger partial charge in [0.25, 0.3) is 0 Å². The molecule has 3 aromatic rings. The number of ether oxygens (including phenoxy) is 1. The standard InChI is InChI=1S/C27H32N2O.C2HF3O2/c1-2-8-24-19-22(10-11-23(24)7-1)20-28-17-14-26(25-9-3-6-16-29-25)15-18-30-27(21-26)12-4-5-13-27;3-2(4,5)1(6)7/h1-3,6-11,16,19,28H,4-5,12-15,17-18,20-21H2;(H,6,7)/t26-;/m1./s1. The molecular weight excluding hydrogens is 481 g/mol. The second-order valence-electron chi connectivity index (χ2n) is 10.1. The van der Waals surface area contributed by atoms with E-state index in [0.29, 0.717) is 0 Å². The summed E-state index contributed by atoms with van der Waals surface area (Å²) in [6.45, 7) is 2.77. The number of nitrogens with zero attached hydrogens (tertiary/aromatic N) is 1. The van der Waals surface area contributed by atoms with Crippen LogP contribution in [0.15, 0.2) is 66.9 Å². The Morgan fingerprint density at radius 1 is 1.00 bits per heavy atom. The second kappa shape index (κ2) is 11.6. The number of halogens is 3. The highest BCUT2D eigenvalue weighted by atomic mass is 19.4. The smallest absolute Gasteiger partial charge is 0.475 e. The third-order valence-corrected chi connectivity index (χ3v) is 7.54. The first kappa shape index (κ1) is 27.1. The maximum absolute atomic E-state index is 10.6. The molecule has 2 fully saturated rings. The maximum atomic E-state index is 10.6. The molecule has 198 valence electrons. The van der Waals surface area contributed by atoms with Crippen LogP contribution in [0.5, 0.6) is 0 Å². The summed E-state index contributed by atoms with van der Waals surface area (Å²) in [4.78, 5) is 13.7. The van der Waals surface area contributed by atoms with Crippen molar-refractivity contribution in [3.8, 4) is 0 Å². The molecule has 1 spiro atoms. The van der Waals surface area contributed by atoms with Crippen molar-refractivity contribution in [3.05, 3.63) is 78.1 Å². The lowest BCUT2D eigenvalue weighted by Gasteiger charge is -2.46. The molecule has 1 atom stereocenters. The molecule has 2 N–H and O–H groups in total. The van der Waals surface area contributed by atoms with Gasteiger partial charge < -0.3 is 15.2 Å². The second-order valence-corrected chi connectivity index (χ2v) is 10.1. The van der Waals surface area contributed by atoms with Crippen LogP contribution in [0.4, 0.5) is 13.2 Å². The van der Waals surface area contributed by atoms with Gasteiger partial charge in [0.2, 0.25) is 0 Å². The van der Waals surface area contributed by atoms with Crippen molar-refractivity contribution in [2.45, 2.75) is 68.7 Å². The molecular formula is C29H33F3N2O3. The highest BCUT2D eigenvalue weighted by Gasteiger charge is 2.48. The van der Waals surface area contributed by atoms with Crippen molar-refractivity contribution in [2.24, 2.45) is 0 Å². The molecule has 8 heteroatoms. The lowest BCUT2D eigenvalue weighted by atomic mass is 9.68. The van der Waals surface area contributed by atoms with Crippen LogP contribution in [0.3, 0.4) is 0 Å². The van der Waals surface area contributed by atoms with Crippen LogP contribution in [-0.2, 0) is 21.5 Å². The maximum Gasteiger partial charge on any atom is 0.490 e. The van der Waals surface area contributed by atoms with Gasteiger partial charge in [-0.1, -0.05) is 55.3 Å². The summed E-state index contributed by atoms with van der Waals surface area (Å²) in [5.41, 5.74) is 2.82. The molecule has 0 amide bonds. The van der Waals surface area contributed by atoms with Crippen molar-refractivity contribution in [1.29, 1.82) is 0 Å². The predicted octanol–water partition coefficient (Wildman–Crippen LogP) is 6.41. The zero-order valence-corrected chi connectivity index (χ0v) is 20.8. The Labute approximate surface area is 215 Å². The van der Waals surface area contributed by atoms with E-state index >= 15 is 0 Å². The van der Waals surface area contributed by atoms with Crippen LogP contribution in [-0.4, -0.2) is 41.0 Å². The average Bonchev–Trinajstić information content (AvgIpc) is 3.34. The van der Waals surface area contributed by atoms with E-state index in [0.717, 1.165) is 39.0 Å². The van der Waals surface area contributed by atoms with Crippen molar-refractivity contribution >= 4 is 16.7 Å². The number of fused-ring (bicyclic) bond motifs is 1. The monoisotopic (exact) mass is 514 g/mol. The Balaban J connectivity index is 0.000000405. The zero-order chi connectivity index (χ0) is 26.4. The van der Waals surface area contributed by atoms with Crippen molar-refractivity contribution < 1.29 is 27.8 Å². The fourth-order valence-corrected chi connectivity index (χ4v) is 5.71. The van der Waals surface area contributed by atoms with Gasteiger partial charge in [-0.25, -0.2) is 4.79 Å². The Morgan fingerprint density at radius 3 is 2.38 bits per heavy atom. The third-order valence-electron chi connectivity index (χ3n) is 7.54. The number of carboxylic acid groups (broad SMARTS) is 1. The van der Waals surface area contributed by atoms with E-state index in [4.69, 9.17) is 19.6 Å². The summed E-state index contributed by atoms with van der Waals surface area (Å²) < 4.78 is 38.1. The van der Waals surface area contributed by atoms with Crippen LogP contribution >= 0.6 is 0 Å². The SMILES string of the molecule is O=C(O)C(F)(F)F.c1ccc([C@]2(CCNCc3ccc4ccccc4c3)CCOC3(CCCC3)C2)nc1. The van der Waals surface area contributed by atoms with Crippen LogP contribution in [0, 0.1) is 0 Å². The fourth-order valence-electron chi connectivity index (χ4n) is 5.71. The van der Waals surface area contributed by atoms with Gasteiger partial charge in [0.1, 0.15) is 0 Å². The minimum Gasteiger partial charge on any atom is -0.475 e. The molecule has 2 heterocycles. The first-order valence-electron chi connectivity index (χ1n) is 12.8. The lowest BCUT2D eigenvalue weighted by molar-refractivity contribution is -0.192. The van der Waals surface area contributed by atoms with E-state index in [1.165, 1.54) is 47.7 Å². The normalized spacial score (nSPS) is 20.9. The largest absolute Gasteiger partial charge is 0.490 e. The molecule has 5 nitrogen and oxygen atoms in total. The van der Waals surface area contributed by atoms with E-state index in [2.05, 4.69) is 59.9 Å². The molecule has 5 rings (SSSR count). The minimum absolute atomic E-state index is 0.0914. The van der Waals surface area contributed by atoms with Gasteiger partial charge in [0.15, 0.2) is 0 Å². The van der Waals surface area contributed by atoms with Gasteiger partial charge in [-0.05, 0) is 73.2 Å². The summed E-state index contributed by atoms with van der Waals surface area (Å²) in [6.07, 6.45) is 5.21. The van der Waals surface area contributed by atoms with Gasteiger partial charge in [-0.3, -0.25) is 4.98 Å². The van der Waals surface area contributed by atoms with Crippen LogP contribution in [0.25, 0.3) is 10.8 Å². The number of carboxylic acids is 1. The number of carbonyl (C=O) groups is 1. The summed E-state index contributed by atoms with van der Waals surface area (Å²) in [6, 6.07) is 21.8. The zero-order valence-electron chi connectivity index (χ0n) is 20.8. The summed E-state index contributed by atoms with van der Waals surface area (Å²) in [7, 11) is 0. The third kappa shape index (κ3) is 6.87. The van der Waals surface area contributed by atoms with E-state index in [9.17, 15) is 13.2 Å². The molecule has 1 aromatic heterocycles. The number of rotatable bonds is 6. The first-order chi connectivity index (χ1) is 17.7. The molecule has 1 aliphatic heterocycles. The van der Waals surface area contributed by atoms with Crippen LogP contribution in [0.1, 0.15) is 56.2 Å². The van der Waals surface area contributed by atoms with Gasteiger partial charge in [0.05, 0.1) is 5.60 Å². The number of alkyl halides is 3. The first-order valence-corrected chi connectivity index (χ1v) is 12.8. The highest BCUT2D eigenvalue weighted by Crippen LogP contribution is 2.49. The minimum atomic E-state index is -5.08. The van der Waals surface area contributed by atoms with E-state index in [-0.39, 0.29) is 11.0 Å². The Morgan fingerprint density at radius 2 is 1.70 bits per heavy atom. The molecule has 2 aromatic carbocycles. The number of pyridine rings is 1. The number of hydrogen-bond acceptors (Lipinski definition) is 4. The van der Waals surface area contributed by atoms with Crippen LogP contribution in [0.2, 0.25) is 0 Å². The Bertz CT molecular complexity index is 1180. The molecule has 0 unspecified atom stereocenters. The summed E-state index contributed by atoms with van der Waals surface area (Å²) in [5.74, 6) is -2.76. The van der Waals surface area contributed by atoms with E-state index in [1.54, 1.807) is 0 Å². The van der Waals surface area contributed by atoms with Gasteiger partial charge >= 0.3 is 12.1 Å². The topological polar surface area (TPSA) is 71.5 Å². The van der Waals surface area contributed by atoms with E-state index in [1.807, 2.05) is 12.3 Å².